The molecule has 1 aliphatic rings. The van der Waals surface area contributed by atoms with Crippen LogP contribution in [0.5, 0.6) is 23.1 Å². The van der Waals surface area contributed by atoms with Crippen LogP contribution in [0.1, 0.15) is 33.8 Å². The Bertz CT molecular complexity index is 1360. The number of benzene rings is 2. The van der Waals surface area contributed by atoms with Gasteiger partial charge in [-0.15, -0.1) is 4.74 Å². The Morgan fingerprint density at radius 1 is 1.24 bits per heavy atom. The van der Waals surface area contributed by atoms with Gasteiger partial charge in [0.2, 0.25) is 5.88 Å². The first-order chi connectivity index (χ1) is 18.3. The summed E-state index contributed by atoms with van der Waals surface area (Å²) in [6.07, 6.45) is 0.910. The van der Waals surface area contributed by atoms with Crippen molar-refractivity contribution in [1.82, 2.24) is 10.3 Å². The molecule has 1 unspecified atom stereocenters. The van der Waals surface area contributed by atoms with Crippen molar-refractivity contribution in [3.05, 3.63) is 75.5 Å². The molecule has 0 spiro atoms. The van der Waals surface area contributed by atoms with Crippen LogP contribution in [0, 0.1) is 5.21 Å². The van der Waals surface area contributed by atoms with Crippen LogP contribution in [0.15, 0.2) is 48.5 Å². The molecular weight excluding hydrogens is 512 g/mol. The number of fused-ring (bicyclic) bond motifs is 1. The number of pyridine rings is 1. The zero-order chi connectivity index (χ0) is 27.2. The lowest BCUT2D eigenvalue weighted by Crippen LogP contribution is -2.26. The fourth-order valence-corrected chi connectivity index (χ4v) is 4.30. The van der Waals surface area contributed by atoms with E-state index in [0.29, 0.717) is 59.5 Å². The van der Waals surface area contributed by atoms with Crippen molar-refractivity contribution in [2.45, 2.75) is 18.8 Å². The lowest BCUT2D eigenvalue weighted by Gasteiger charge is -2.24. The summed E-state index contributed by atoms with van der Waals surface area (Å²) < 4.78 is 17.0. The summed E-state index contributed by atoms with van der Waals surface area (Å²) >= 11 is 6.41. The molecule has 10 nitrogen and oxygen atoms in total. The van der Waals surface area contributed by atoms with Crippen molar-refractivity contribution in [3.8, 4) is 23.1 Å². The number of hydroxylamine groups is 1. The lowest BCUT2D eigenvalue weighted by molar-refractivity contribution is -0.376. The molecule has 0 fully saturated rings. The van der Waals surface area contributed by atoms with Crippen LogP contribution < -0.4 is 24.8 Å². The monoisotopic (exact) mass is 538 g/mol. The molecule has 1 atom stereocenters. The molecule has 198 valence electrons. The Morgan fingerprint density at radius 2 is 2.00 bits per heavy atom. The standard InChI is InChI=1S/C27H27ClN4O6/c1-29-24-9-6-17(26(31-24)36-3)10-12-30-25(33)16-4-7-18(8-5-16)38-23-15-22-20(14-21(23)28)19(11-13-37-22)27(34)32(2)35/h4-9,14-15,19H,2,10-13H2,1,3H3,(H,29,31)(H,30,33). The molecule has 3 aromatic rings. The highest BCUT2D eigenvalue weighted by Crippen LogP contribution is 2.42. The lowest BCUT2D eigenvalue weighted by atomic mass is 9.92. The molecule has 2 amide bonds. The van der Waals surface area contributed by atoms with Gasteiger partial charge in [0.15, 0.2) is 0 Å². The second-order valence-corrected chi connectivity index (χ2v) is 8.88. The van der Waals surface area contributed by atoms with E-state index in [1.807, 2.05) is 12.1 Å². The average Bonchev–Trinajstić information content (AvgIpc) is 2.93. The summed E-state index contributed by atoms with van der Waals surface area (Å²) in [6, 6.07) is 13.5. The number of amides is 2. The van der Waals surface area contributed by atoms with E-state index >= 15 is 0 Å². The number of nitrogens with zero attached hydrogens (tertiary/aromatic N) is 2. The predicted molar refractivity (Wildman–Crippen MR) is 143 cm³/mol. The van der Waals surface area contributed by atoms with Gasteiger partial charge >= 0.3 is 5.91 Å². The predicted octanol–water partition coefficient (Wildman–Crippen LogP) is 4.15. The minimum Gasteiger partial charge on any atom is -0.617 e. The van der Waals surface area contributed by atoms with E-state index in [9.17, 15) is 14.8 Å². The SMILES string of the molecule is C=[N+]([O-])C(=O)C1CCOc2cc(Oc3ccc(C(=O)NCCc4ccc(NC)nc4OC)cc3)c(Cl)cc21. The third-order valence-corrected chi connectivity index (χ3v) is 6.36. The van der Waals surface area contributed by atoms with Gasteiger partial charge in [-0.3, -0.25) is 4.79 Å². The summed E-state index contributed by atoms with van der Waals surface area (Å²) in [7, 11) is 3.34. The highest BCUT2D eigenvalue weighted by molar-refractivity contribution is 6.32. The van der Waals surface area contributed by atoms with Gasteiger partial charge in [-0.2, -0.15) is 4.98 Å². The fraction of sp³-hybridized carbons (Fsp3) is 0.259. The summed E-state index contributed by atoms with van der Waals surface area (Å²) in [6.45, 7) is 3.81. The van der Waals surface area contributed by atoms with Gasteiger partial charge in [0.05, 0.1) is 18.7 Å². The van der Waals surface area contributed by atoms with E-state index in [4.69, 9.17) is 25.8 Å². The number of methoxy groups -OCH3 is 1. The first kappa shape index (κ1) is 26.7. The molecule has 1 aromatic heterocycles. The third kappa shape index (κ3) is 5.97. The second-order valence-electron chi connectivity index (χ2n) is 8.47. The average molecular weight is 539 g/mol. The number of hydrogen-bond donors (Lipinski definition) is 2. The minimum atomic E-state index is -0.678. The molecule has 38 heavy (non-hydrogen) atoms. The highest BCUT2D eigenvalue weighted by atomic mass is 35.5. The third-order valence-electron chi connectivity index (χ3n) is 6.06. The molecular formula is C27H27ClN4O6. The maximum absolute atomic E-state index is 12.6. The summed E-state index contributed by atoms with van der Waals surface area (Å²) in [5.74, 6) is 0.829. The Balaban J connectivity index is 1.38. The van der Waals surface area contributed by atoms with Gasteiger partial charge in [0, 0.05) is 42.8 Å². The van der Waals surface area contributed by atoms with Crippen LogP contribution in [0.4, 0.5) is 5.82 Å². The van der Waals surface area contributed by atoms with Crippen LogP contribution in [0.25, 0.3) is 0 Å². The molecule has 4 rings (SSSR count). The zero-order valence-corrected chi connectivity index (χ0v) is 21.7. The zero-order valence-electron chi connectivity index (χ0n) is 21.0. The number of nitrogens with one attached hydrogen (secondary N) is 2. The van der Waals surface area contributed by atoms with E-state index in [1.54, 1.807) is 50.6 Å². The number of ether oxygens (including phenoxy) is 3. The van der Waals surface area contributed by atoms with Crippen LogP contribution in [-0.4, -0.2) is 55.6 Å². The van der Waals surface area contributed by atoms with Gasteiger partial charge in [0.25, 0.3) is 5.91 Å². The molecule has 0 bridgehead atoms. The van der Waals surface area contributed by atoms with Crippen molar-refractivity contribution in [2.24, 2.45) is 0 Å². The summed E-state index contributed by atoms with van der Waals surface area (Å²) in [5, 5.41) is 17.5. The van der Waals surface area contributed by atoms with Crippen LogP contribution >= 0.6 is 11.6 Å². The van der Waals surface area contributed by atoms with Gasteiger partial charge in [-0.1, -0.05) is 11.6 Å². The smallest absolute Gasteiger partial charge is 0.405 e. The van der Waals surface area contributed by atoms with Crippen LogP contribution in [0.2, 0.25) is 5.02 Å². The van der Waals surface area contributed by atoms with Crippen molar-refractivity contribution < 1.29 is 28.5 Å². The van der Waals surface area contributed by atoms with E-state index in [0.717, 1.165) is 5.56 Å². The molecule has 2 aromatic carbocycles. The molecule has 0 saturated carbocycles. The first-order valence-corrected chi connectivity index (χ1v) is 12.2. The fourth-order valence-electron chi connectivity index (χ4n) is 4.09. The van der Waals surface area contributed by atoms with Crippen LogP contribution in [-0.2, 0) is 11.2 Å². The molecule has 0 saturated heterocycles. The first-order valence-electron chi connectivity index (χ1n) is 11.9. The maximum atomic E-state index is 12.6. The largest absolute Gasteiger partial charge is 0.617 e. The van der Waals surface area contributed by atoms with Crippen molar-refractivity contribution in [1.29, 1.82) is 0 Å². The number of aromatic nitrogens is 1. The number of carbonyl (C=O) groups is 2. The molecule has 1 aliphatic heterocycles. The van der Waals surface area contributed by atoms with Gasteiger partial charge in [-0.05, 0) is 48.9 Å². The van der Waals surface area contributed by atoms with Gasteiger partial charge in [-0.25, -0.2) is 4.79 Å². The van der Waals surface area contributed by atoms with E-state index < -0.39 is 11.8 Å². The maximum Gasteiger partial charge on any atom is 0.405 e. The van der Waals surface area contributed by atoms with Gasteiger partial charge in [0.1, 0.15) is 35.7 Å². The molecule has 2 heterocycles. The van der Waals surface area contributed by atoms with Gasteiger partial charge < -0.3 is 30.1 Å². The molecule has 0 aliphatic carbocycles. The summed E-state index contributed by atoms with van der Waals surface area (Å²) in [4.78, 5) is 29.2. The van der Waals surface area contributed by atoms with E-state index in [2.05, 4.69) is 22.3 Å². The Hall–Kier alpha value is -4.31. The quantitative estimate of drug-likeness (QED) is 0.180. The second kappa shape index (κ2) is 11.8. The summed E-state index contributed by atoms with van der Waals surface area (Å²) in [5.41, 5.74) is 1.86. The molecule has 11 heteroatoms. The van der Waals surface area contributed by atoms with Crippen molar-refractivity contribution in [2.75, 3.05) is 32.6 Å². The van der Waals surface area contributed by atoms with Crippen molar-refractivity contribution in [3.63, 3.8) is 0 Å². The Morgan fingerprint density at radius 3 is 2.68 bits per heavy atom. The number of anilines is 1. The van der Waals surface area contributed by atoms with E-state index in [-0.39, 0.29) is 22.3 Å². The Kier molecular flexibility index (Phi) is 8.32. The minimum absolute atomic E-state index is 0.0746. The number of carbonyl (C=O) groups excluding carboxylic acids is 2. The van der Waals surface area contributed by atoms with Crippen molar-refractivity contribution >= 4 is 36.0 Å². The number of rotatable bonds is 9. The number of hydrogen-bond acceptors (Lipinski definition) is 8. The topological polar surface area (TPSA) is 125 Å². The van der Waals surface area contributed by atoms with E-state index in [1.165, 1.54) is 0 Å². The molecule has 2 N–H and O–H groups in total. The van der Waals surface area contributed by atoms with Crippen LogP contribution in [0.3, 0.4) is 0 Å². The Labute approximate surface area is 224 Å². The normalized spacial score (nSPS) is 14.0. The molecule has 0 radical (unpaired) electrons. The highest BCUT2D eigenvalue weighted by Gasteiger charge is 2.33. The number of halogens is 1.